The minimum absolute atomic E-state index is 0.173. The van der Waals surface area contributed by atoms with Crippen LogP contribution in [0.1, 0.15) is 12.8 Å². The summed E-state index contributed by atoms with van der Waals surface area (Å²) in [4.78, 5) is 16.1. The molecule has 2 aliphatic heterocycles. The Morgan fingerprint density at radius 2 is 1.77 bits per heavy atom. The highest BCUT2D eigenvalue weighted by Gasteiger charge is 2.30. The molecule has 122 valence electrons. The van der Waals surface area contributed by atoms with Gasteiger partial charge in [0.15, 0.2) is 0 Å². The lowest BCUT2D eigenvalue weighted by Gasteiger charge is -2.34. The van der Waals surface area contributed by atoms with E-state index in [2.05, 4.69) is 4.90 Å². The third kappa shape index (κ3) is 3.34. The smallest absolute Gasteiger partial charge is 0.252 e. The van der Waals surface area contributed by atoms with Crippen LogP contribution < -0.4 is 0 Å². The van der Waals surface area contributed by atoms with Crippen molar-refractivity contribution < 1.29 is 13.2 Å². The Balaban J connectivity index is 1.53. The van der Waals surface area contributed by atoms with Gasteiger partial charge in [0.1, 0.15) is 4.21 Å². The van der Waals surface area contributed by atoms with Gasteiger partial charge in [-0.1, -0.05) is 6.07 Å². The van der Waals surface area contributed by atoms with E-state index >= 15 is 0 Å². The van der Waals surface area contributed by atoms with Crippen LogP contribution in [0.5, 0.6) is 0 Å². The van der Waals surface area contributed by atoms with Crippen LogP contribution in [0, 0.1) is 0 Å². The van der Waals surface area contributed by atoms with Crippen molar-refractivity contribution in [2.45, 2.75) is 17.1 Å². The quantitative estimate of drug-likeness (QED) is 0.806. The first-order chi connectivity index (χ1) is 10.6. The highest BCUT2D eigenvalue weighted by molar-refractivity contribution is 7.91. The van der Waals surface area contributed by atoms with Gasteiger partial charge in [0, 0.05) is 39.3 Å². The molecule has 0 unspecified atom stereocenters. The van der Waals surface area contributed by atoms with Gasteiger partial charge in [-0.3, -0.25) is 9.69 Å². The Kier molecular flexibility index (Phi) is 4.82. The highest BCUT2D eigenvalue weighted by atomic mass is 32.2. The van der Waals surface area contributed by atoms with Gasteiger partial charge in [-0.15, -0.1) is 11.3 Å². The standard InChI is InChI=1S/C14H21N3O3S2/c18-13(16-5-1-2-6-16)12-15-7-9-17(10-8-15)22(19,20)14-4-3-11-21-14/h3-4,11H,1-2,5-10,12H2. The van der Waals surface area contributed by atoms with Crippen LogP contribution in [0.25, 0.3) is 0 Å². The summed E-state index contributed by atoms with van der Waals surface area (Å²) in [6.45, 7) is 4.28. The topological polar surface area (TPSA) is 60.9 Å². The molecule has 0 aliphatic carbocycles. The Morgan fingerprint density at radius 1 is 1.09 bits per heavy atom. The molecular formula is C14H21N3O3S2. The Hall–Kier alpha value is -0.960. The monoisotopic (exact) mass is 343 g/mol. The molecule has 0 N–H and O–H groups in total. The fourth-order valence-corrected chi connectivity index (χ4v) is 5.49. The molecule has 6 nitrogen and oxygen atoms in total. The van der Waals surface area contributed by atoms with Crippen LogP contribution in [-0.4, -0.2) is 74.2 Å². The second-order valence-corrected chi connectivity index (χ2v) is 8.81. The second kappa shape index (κ2) is 6.66. The van der Waals surface area contributed by atoms with Crippen molar-refractivity contribution in [3.05, 3.63) is 17.5 Å². The van der Waals surface area contributed by atoms with Crippen molar-refractivity contribution in [2.75, 3.05) is 45.8 Å². The predicted octanol–water partition coefficient (Wildman–Crippen LogP) is 0.677. The fourth-order valence-electron chi connectivity index (χ4n) is 2.92. The molecule has 3 rings (SSSR count). The van der Waals surface area contributed by atoms with E-state index in [0.717, 1.165) is 25.9 Å². The van der Waals surface area contributed by atoms with Crippen molar-refractivity contribution in [3.63, 3.8) is 0 Å². The summed E-state index contributed by atoms with van der Waals surface area (Å²) in [6.07, 6.45) is 2.19. The zero-order valence-corrected chi connectivity index (χ0v) is 14.1. The largest absolute Gasteiger partial charge is 0.342 e. The van der Waals surface area contributed by atoms with Crippen LogP contribution in [0.15, 0.2) is 21.7 Å². The van der Waals surface area contributed by atoms with E-state index in [4.69, 9.17) is 0 Å². The third-order valence-electron chi connectivity index (χ3n) is 4.24. The molecule has 2 fully saturated rings. The summed E-state index contributed by atoms with van der Waals surface area (Å²) in [6, 6.07) is 3.39. The lowest BCUT2D eigenvalue weighted by atomic mass is 10.3. The minimum Gasteiger partial charge on any atom is -0.342 e. The molecule has 0 bridgehead atoms. The maximum Gasteiger partial charge on any atom is 0.252 e. The number of likely N-dealkylation sites (tertiary alicyclic amines) is 1. The summed E-state index contributed by atoms with van der Waals surface area (Å²) < 4.78 is 26.8. The molecule has 1 amide bonds. The molecule has 0 atom stereocenters. The molecule has 0 spiro atoms. The number of sulfonamides is 1. The van der Waals surface area contributed by atoms with Crippen LogP contribution in [0.3, 0.4) is 0 Å². The number of hydrogen-bond donors (Lipinski definition) is 0. The van der Waals surface area contributed by atoms with E-state index in [1.165, 1.54) is 15.6 Å². The Labute approximate surface area is 135 Å². The third-order valence-corrected chi connectivity index (χ3v) is 7.51. The number of rotatable bonds is 4. The molecule has 2 aliphatic rings. The van der Waals surface area contributed by atoms with Gasteiger partial charge < -0.3 is 4.90 Å². The maximum absolute atomic E-state index is 12.4. The van der Waals surface area contributed by atoms with Crippen molar-refractivity contribution >= 4 is 27.3 Å². The van der Waals surface area contributed by atoms with Crippen molar-refractivity contribution in [1.29, 1.82) is 0 Å². The first-order valence-corrected chi connectivity index (χ1v) is 9.93. The zero-order chi connectivity index (χ0) is 15.6. The zero-order valence-electron chi connectivity index (χ0n) is 12.5. The van der Waals surface area contributed by atoms with E-state index in [-0.39, 0.29) is 5.91 Å². The van der Waals surface area contributed by atoms with Gasteiger partial charge in [-0.05, 0) is 24.3 Å². The molecule has 0 radical (unpaired) electrons. The lowest BCUT2D eigenvalue weighted by Crippen LogP contribution is -2.51. The van der Waals surface area contributed by atoms with Crippen LogP contribution in [-0.2, 0) is 14.8 Å². The molecule has 22 heavy (non-hydrogen) atoms. The summed E-state index contributed by atoms with van der Waals surface area (Å²) >= 11 is 1.25. The number of thiophene rings is 1. The van der Waals surface area contributed by atoms with E-state index < -0.39 is 10.0 Å². The van der Waals surface area contributed by atoms with E-state index in [0.29, 0.717) is 36.9 Å². The van der Waals surface area contributed by atoms with E-state index in [1.54, 1.807) is 17.5 Å². The average molecular weight is 343 g/mol. The second-order valence-electron chi connectivity index (χ2n) is 5.70. The first-order valence-electron chi connectivity index (χ1n) is 7.61. The summed E-state index contributed by atoms with van der Waals surface area (Å²) in [7, 11) is -3.36. The molecule has 2 saturated heterocycles. The number of piperazine rings is 1. The van der Waals surface area contributed by atoms with Gasteiger partial charge in [-0.2, -0.15) is 4.31 Å². The van der Waals surface area contributed by atoms with E-state index in [1.807, 2.05) is 4.90 Å². The van der Waals surface area contributed by atoms with Gasteiger partial charge in [0.05, 0.1) is 6.54 Å². The molecule has 1 aromatic rings. The minimum atomic E-state index is -3.36. The predicted molar refractivity (Wildman–Crippen MR) is 85.3 cm³/mol. The molecule has 0 saturated carbocycles. The van der Waals surface area contributed by atoms with Gasteiger partial charge in [-0.25, -0.2) is 8.42 Å². The van der Waals surface area contributed by atoms with Crippen LogP contribution in [0.2, 0.25) is 0 Å². The lowest BCUT2D eigenvalue weighted by molar-refractivity contribution is -0.131. The van der Waals surface area contributed by atoms with Gasteiger partial charge in [0.2, 0.25) is 5.91 Å². The molecule has 8 heteroatoms. The first kappa shape index (κ1) is 15.9. The Morgan fingerprint density at radius 3 is 2.36 bits per heavy atom. The maximum atomic E-state index is 12.4. The van der Waals surface area contributed by atoms with Gasteiger partial charge in [0.25, 0.3) is 10.0 Å². The van der Waals surface area contributed by atoms with Crippen LogP contribution in [0.4, 0.5) is 0 Å². The molecule has 3 heterocycles. The number of nitrogens with zero attached hydrogens (tertiary/aromatic N) is 3. The molecule has 1 aromatic heterocycles. The number of amides is 1. The van der Waals surface area contributed by atoms with Crippen molar-refractivity contribution in [1.82, 2.24) is 14.1 Å². The molecule has 0 aromatic carbocycles. The normalized spacial score (nSPS) is 21.4. The summed E-state index contributed by atoms with van der Waals surface area (Å²) in [5.41, 5.74) is 0. The average Bonchev–Trinajstić information content (AvgIpc) is 3.21. The summed E-state index contributed by atoms with van der Waals surface area (Å²) in [5.74, 6) is 0.173. The van der Waals surface area contributed by atoms with E-state index in [9.17, 15) is 13.2 Å². The SMILES string of the molecule is O=C(CN1CCN(S(=O)(=O)c2cccs2)CC1)N1CCCC1. The van der Waals surface area contributed by atoms with Crippen molar-refractivity contribution in [3.8, 4) is 0 Å². The number of carbonyl (C=O) groups excluding carboxylic acids is 1. The van der Waals surface area contributed by atoms with Crippen LogP contribution >= 0.6 is 11.3 Å². The van der Waals surface area contributed by atoms with Crippen molar-refractivity contribution in [2.24, 2.45) is 0 Å². The number of carbonyl (C=O) groups is 1. The fraction of sp³-hybridized carbons (Fsp3) is 0.643. The number of hydrogen-bond acceptors (Lipinski definition) is 5. The summed E-state index contributed by atoms with van der Waals surface area (Å²) in [5, 5.41) is 1.78. The van der Waals surface area contributed by atoms with Gasteiger partial charge >= 0.3 is 0 Å². The Bertz CT molecular complexity index is 601. The molecular weight excluding hydrogens is 322 g/mol. The highest BCUT2D eigenvalue weighted by Crippen LogP contribution is 2.22.